The van der Waals surface area contributed by atoms with Crippen molar-refractivity contribution >= 4 is 11.6 Å². The third-order valence-corrected chi connectivity index (χ3v) is 6.63. The largest absolute Gasteiger partial charge is 0.206 e. The van der Waals surface area contributed by atoms with Crippen LogP contribution in [0, 0.1) is 23.3 Å². The minimum atomic E-state index is -1.05. The molecule has 0 unspecified atom stereocenters. The summed E-state index contributed by atoms with van der Waals surface area (Å²) in [6.45, 7) is 2.20. The number of hydrogen-bond donors (Lipinski definition) is 0. The molecule has 3 aromatic carbocycles. The molecule has 0 atom stereocenters. The second kappa shape index (κ2) is 9.66. The summed E-state index contributed by atoms with van der Waals surface area (Å²) in [5, 5.41) is -0.692. The van der Waals surface area contributed by atoms with E-state index in [0.717, 1.165) is 36.1 Å². The number of aryl methyl sites for hydroxylation is 2. The van der Waals surface area contributed by atoms with Gasteiger partial charge in [0.1, 0.15) is 28.3 Å². The zero-order valence-electron chi connectivity index (χ0n) is 18.0. The standard InChI is InChI=1S/C27H25ClF4/c1-2-3-4-5-6-7-16-8-10-19-17(12-16)9-11-20-21(19)15-22(29)25(27(20)32)18-13-23(30)26(28)24(31)14-18/h8,10,12-15H,2-7,9,11H2,1H3. The maximum Gasteiger partial charge on any atom is 0.145 e. The minimum absolute atomic E-state index is 0.202. The molecule has 0 spiro atoms. The molecule has 0 saturated carbocycles. The predicted molar refractivity (Wildman–Crippen MR) is 122 cm³/mol. The highest BCUT2D eigenvalue weighted by molar-refractivity contribution is 6.31. The van der Waals surface area contributed by atoms with Crippen molar-refractivity contribution in [1.82, 2.24) is 0 Å². The highest BCUT2D eigenvalue weighted by atomic mass is 35.5. The van der Waals surface area contributed by atoms with Gasteiger partial charge in [0.25, 0.3) is 0 Å². The molecule has 1 aliphatic rings. The normalized spacial score (nSPS) is 12.6. The molecule has 0 heterocycles. The van der Waals surface area contributed by atoms with E-state index < -0.39 is 33.9 Å². The monoisotopic (exact) mass is 460 g/mol. The molecule has 1 aliphatic carbocycles. The zero-order valence-corrected chi connectivity index (χ0v) is 18.8. The van der Waals surface area contributed by atoms with Crippen LogP contribution < -0.4 is 0 Å². The van der Waals surface area contributed by atoms with Gasteiger partial charge in [-0.2, -0.15) is 0 Å². The van der Waals surface area contributed by atoms with Crippen molar-refractivity contribution in [2.45, 2.75) is 58.3 Å². The van der Waals surface area contributed by atoms with Crippen LogP contribution in [0.2, 0.25) is 5.02 Å². The van der Waals surface area contributed by atoms with Gasteiger partial charge in [-0.3, -0.25) is 0 Å². The molecule has 0 radical (unpaired) electrons. The van der Waals surface area contributed by atoms with E-state index in [9.17, 15) is 8.78 Å². The molecule has 4 rings (SSSR count). The summed E-state index contributed by atoms with van der Waals surface area (Å²) in [6, 6.07) is 9.12. The van der Waals surface area contributed by atoms with Gasteiger partial charge < -0.3 is 0 Å². The first-order chi connectivity index (χ1) is 15.4. The number of rotatable bonds is 7. The van der Waals surface area contributed by atoms with Crippen molar-refractivity contribution in [3.05, 3.63) is 81.4 Å². The number of benzene rings is 3. The van der Waals surface area contributed by atoms with Crippen molar-refractivity contribution < 1.29 is 17.6 Å². The van der Waals surface area contributed by atoms with Gasteiger partial charge in [-0.05, 0) is 77.3 Å². The SMILES string of the molecule is CCCCCCCc1ccc2c(c1)CCc1c-2cc(F)c(-c2cc(F)c(Cl)c(F)c2)c1F. The predicted octanol–water partition coefficient (Wildman–Crippen LogP) is 8.84. The molecule has 0 bridgehead atoms. The highest BCUT2D eigenvalue weighted by Gasteiger charge is 2.26. The molecule has 0 aliphatic heterocycles. The number of hydrogen-bond acceptors (Lipinski definition) is 0. The van der Waals surface area contributed by atoms with Crippen LogP contribution in [0.1, 0.15) is 55.7 Å². The molecule has 0 N–H and O–H groups in total. The molecular formula is C27H25ClF4. The van der Waals surface area contributed by atoms with Gasteiger partial charge >= 0.3 is 0 Å². The lowest BCUT2D eigenvalue weighted by Crippen LogP contribution is -2.09. The summed E-state index contributed by atoms with van der Waals surface area (Å²) >= 11 is 5.52. The van der Waals surface area contributed by atoms with Gasteiger partial charge in [-0.25, -0.2) is 17.6 Å². The van der Waals surface area contributed by atoms with Gasteiger partial charge in [0.2, 0.25) is 0 Å². The summed E-state index contributed by atoms with van der Waals surface area (Å²) in [7, 11) is 0. The molecule has 0 fully saturated rings. The highest BCUT2D eigenvalue weighted by Crippen LogP contribution is 2.41. The number of halogens is 5. The van der Waals surface area contributed by atoms with Gasteiger partial charge in [0.15, 0.2) is 0 Å². The van der Waals surface area contributed by atoms with Crippen LogP contribution in [0.3, 0.4) is 0 Å². The van der Waals surface area contributed by atoms with Crippen LogP contribution in [0.4, 0.5) is 17.6 Å². The Morgan fingerprint density at radius 2 is 1.50 bits per heavy atom. The molecule has 0 saturated heterocycles. The number of fused-ring (bicyclic) bond motifs is 3. The Bertz CT molecular complexity index is 1130. The lowest BCUT2D eigenvalue weighted by Gasteiger charge is -2.23. The Morgan fingerprint density at radius 1 is 0.781 bits per heavy atom. The molecule has 3 aromatic rings. The molecule has 5 heteroatoms. The smallest absolute Gasteiger partial charge is 0.145 e. The van der Waals surface area contributed by atoms with Crippen molar-refractivity contribution in [3.8, 4) is 22.3 Å². The van der Waals surface area contributed by atoms with Crippen molar-refractivity contribution in [2.75, 3.05) is 0 Å². The van der Waals surface area contributed by atoms with Gasteiger partial charge in [-0.15, -0.1) is 0 Å². The topological polar surface area (TPSA) is 0 Å². The number of unbranched alkanes of at least 4 members (excludes halogenated alkanes) is 4. The maximum atomic E-state index is 15.4. The fourth-order valence-corrected chi connectivity index (χ4v) is 4.68. The van der Waals surface area contributed by atoms with Crippen LogP contribution in [0.15, 0.2) is 36.4 Å². The Labute approximate surface area is 191 Å². The summed E-state index contributed by atoms with van der Waals surface area (Å²) < 4.78 is 58.2. The van der Waals surface area contributed by atoms with Crippen molar-refractivity contribution in [3.63, 3.8) is 0 Å². The van der Waals surface area contributed by atoms with Gasteiger partial charge in [0, 0.05) is 0 Å². The van der Waals surface area contributed by atoms with E-state index >= 15 is 8.78 Å². The summed E-state index contributed by atoms with van der Waals surface area (Å²) in [4.78, 5) is 0. The van der Waals surface area contributed by atoms with Crippen LogP contribution in [-0.2, 0) is 19.3 Å². The van der Waals surface area contributed by atoms with Crippen LogP contribution in [0.5, 0.6) is 0 Å². The molecule has 32 heavy (non-hydrogen) atoms. The van der Waals surface area contributed by atoms with Crippen LogP contribution >= 0.6 is 11.6 Å². The maximum absolute atomic E-state index is 15.4. The van der Waals surface area contributed by atoms with Crippen molar-refractivity contribution in [1.29, 1.82) is 0 Å². The first-order valence-corrected chi connectivity index (χ1v) is 11.6. The Balaban J connectivity index is 1.66. The van der Waals surface area contributed by atoms with Crippen LogP contribution in [-0.4, -0.2) is 0 Å². The quantitative estimate of drug-likeness (QED) is 0.187. The van der Waals surface area contributed by atoms with E-state index in [0.29, 0.717) is 24.0 Å². The molecule has 168 valence electrons. The summed E-state index contributed by atoms with van der Waals surface area (Å²) in [6.07, 6.45) is 8.10. The van der Waals surface area contributed by atoms with Gasteiger partial charge in [-0.1, -0.05) is 62.4 Å². The third-order valence-electron chi connectivity index (χ3n) is 6.27. The fourth-order valence-electron chi connectivity index (χ4n) is 4.57. The molecule has 0 amide bonds. The van der Waals surface area contributed by atoms with Crippen molar-refractivity contribution in [2.24, 2.45) is 0 Å². The van der Waals surface area contributed by atoms with E-state index in [-0.39, 0.29) is 5.56 Å². The third kappa shape index (κ3) is 4.43. The fraction of sp³-hybridized carbons (Fsp3) is 0.333. The second-order valence-electron chi connectivity index (χ2n) is 8.48. The lowest BCUT2D eigenvalue weighted by molar-refractivity contribution is 0.572. The zero-order chi connectivity index (χ0) is 22.8. The second-order valence-corrected chi connectivity index (χ2v) is 8.86. The Kier molecular flexibility index (Phi) is 6.90. The van der Waals surface area contributed by atoms with E-state index in [4.69, 9.17) is 11.6 Å². The van der Waals surface area contributed by atoms with Crippen LogP contribution in [0.25, 0.3) is 22.3 Å². The Morgan fingerprint density at radius 3 is 2.22 bits per heavy atom. The van der Waals surface area contributed by atoms with E-state index in [1.807, 2.05) is 12.1 Å². The summed E-state index contributed by atoms with van der Waals surface area (Å²) in [5.41, 5.74) is 3.40. The van der Waals surface area contributed by atoms with E-state index in [1.165, 1.54) is 37.3 Å². The average molecular weight is 461 g/mol. The van der Waals surface area contributed by atoms with E-state index in [2.05, 4.69) is 13.0 Å². The Hall–Kier alpha value is -2.33. The minimum Gasteiger partial charge on any atom is -0.206 e. The molecular weight excluding hydrogens is 436 g/mol. The first-order valence-electron chi connectivity index (χ1n) is 11.2. The van der Waals surface area contributed by atoms with Gasteiger partial charge in [0.05, 0.1) is 5.56 Å². The molecule has 0 nitrogen and oxygen atoms in total. The van der Waals surface area contributed by atoms with E-state index in [1.54, 1.807) is 0 Å². The average Bonchev–Trinajstić information content (AvgIpc) is 2.77. The summed E-state index contributed by atoms with van der Waals surface area (Å²) in [5.74, 6) is -3.72. The lowest BCUT2D eigenvalue weighted by atomic mass is 9.82. The molecule has 0 aromatic heterocycles. The first kappa shape index (κ1) is 22.8.